The molecule has 0 radical (unpaired) electrons. The van der Waals surface area contributed by atoms with Crippen molar-refractivity contribution in [2.75, 3.05) is 11.0 Å². The zero-order chi connectivity index (χ0) is 11.4. The standard InChI is InChI=1S/C12H24INO/c1-2-3-4-5-6-9-12(15)14-11-8-7-10-13/h2-11H2,1H3,(H,14,15). The van der Waals surface area contributed by atoms with E-state index in [1.165, 1.54) is 36.5 Å². The average Bonchev–Trinajstić information content (AvgIpc) is 2.24. The van der Waals surface area contributed by atoms with Crippen LogP contribution < -0.4 is 5.32 Å². The summed E-state index contributed by atoms with van der Waals surface area (Å²) < 4.78 is 1.19. The lowest BCUT2D eigenvalue weighted by Gasteiger charge is -2.04. The fourth-order valence-electron chi connectivity index (χ4n) is 1.42. The Morgan fingerprint density at radius 1 is 1.07 bits per heavy atom. The summed E-state index contributed by atoms with van der Waals surface area (Å²) in [5, 5.41) is 2.97. The van der Waals surface area contributed by atoms with Crippen LogP contribution in [0.1, 0.15) is 58.3 Å². The van der Waals surface area contributed by atoms with Crippen LogP contribution in [0, 0.1) is 0 Å². The van der Waals surface area contributed by atoms with Crippen molar-refractivity contribution in [2.24, 2.45) is 0 Å². The fourth-order valence-corrected chi connectivity index (χ4v) is 1.96. The molecule has 3 heteroatoms. The molecule has 2 nitrogen and oxygen atoms in total. The topological polar surface area (TPSA) is 29.1 Å². The maximum absolute atomic E-state index is 11.3. The Bertz CT molecular complexity index is 151. The Labute approximate surface area is 108 Å². The van der Waals surface area contributed by atoms with Crippen molar-refractivity contribution < 1.29 is 4.79 Å². The molecular weight excluding hydrogens is 301 g/mol. The first-order valence-electron chi connectivity index (χ1n) is 6.14. The molecule has 0 saturated carbocycles. The number of rotatable bonds is 10. The highest BCUT2D eigenvalue weighted by molar-refractivity contribution is 14.1. The van der Waals surface area contributed by atoms with Crippen LogP contribution >= 0.6 is 22.6 Å². The molecule has 15 heavy (non-hydrogen) atoms. The van der Waals surface area contributed by atoms with Gasteiger partial charge in [-0.1, -0.05) is 55.2 Å². The minimum atomic E-state index is 0.236. The molecule has 0 rings (SSSR count). The van der Waals surface area contributed by atoms with Gasteiger partial charge in [0.05, 0.1) is 0 Å². The molecule has 0 aliphatic carbocycles. The molecule has 0 aromatic heterocycles. The Balaban J connectivity index is 3.11. The Hall–Kier alpha value is 0.200. The van der Waals surface area contributed by atoms with E-state index in [1.54, 1.807) is 0 Å². The predicted molar refractivity (Wildman–Crippen MR) is 74.5 cm³/mol. The van der Waals surface area contributed by atoms with E-state index >= 15 is 0 Å². The third kappa shape index (κ3) is 12.1. The van der Waals surface area contributed by atoms with E-state index < -0.39 is 0 Å². The molecule has 0 fully saturated rings. The van der Waals surface area contributed by atoms with Crippen molar-refractivity contribution in [1.82, 2.24) is 5.32 Å². The predicted octanol–water partition coefficient (Wildman–Crippen LogP) is 3.68. The number of amides is 1. The molecule has 1 N–H and O–H groups in total. The first-order valence-corrected chi connectivity index (χ1v) is 7.66. The molecule has 0 unspecified atom stereocenters. The van der Waals surface area contributed by atoms with E-state index in [4.69, 9.17) is 0 Å². The Kier molecular flexibility index (Phi) is 12.4. The number of hydrogen-bond donors (Lipinski definition) is 1. The van der Waals surface area contributed by atoms with E-state index in [0.717, 1.165) is 19.4 Å². The van der Waals surface area contributed by atoms with Crippen LogP contribution in [0.5, 0.6) is 0 Å². The molecule has 0 heterocycles. The number of carbonyl (C=O) groups excluding carboxylic acids is 1. The van der Waals surface area contributed by atoms with Gasteiger partial charge >= 0.3 is 0 Å². The normalized spacial score (nSPS) is 10.3. The van der Waals surface area contributed by atoms with Gasteiger partial charge in [0.2, 0.25) is 5.91 Å². The lowest BCUT2D eigenvalue weighted by Crippen LogP contribution is -2.24. The molecule has 0 spiro atoms. The van der Waals surface area contributed by atoms with Crippen molar-refractivity contribution >= 4 is 28.5 Å². The fraction of sp³-hybridized carbons (Fsp3) is 0.917. The molecule has 1 amide bonds. The number of carbonyl (C=O) groups is 1. The Morgan fingerprint density at radius 3 is 2.47 bits per heavy atom. The maximum Gasteiger partial charge on any atom is 0.219 e. The highest BCUT2D eigenvalue weighted by atomic mass is 127. The maximum atomic E-state index is 11.3. The summed E-state index contributed by atoms with van der Waals surface area (Å²) in [6.45, 7) is 3.07. The SMILES string of the molecule is CCCCCCCC(=O)NCCCCI. The second-order valence-electron chi connectivity index (χ2n) is 3.91. The van der Waals surface area contributed by atoms with Gasteiger partial charge in [-0.25, -0.2) is 0 Å². The molecule has 0 bridgehead atoms. The van der Waals surface area contributed by atoms with Gasteiger partial charge in [-0.05, 0) is 23.7 Å². The Morgan fingerprint density at radius 2 is 1.80 bits per heavy atom. The summed E-state index contributed by atoms with van der Waals surface area (Å²) in [6, 6.07) is 0. The third-order valence-corrected chi connectivity index (χ3v) is 3.15. The number of alkyl halides is 1. The molecule has 0 aromatic rings. The van der Waals surface area contributed by atoms with Gasteiger partial charge in [-0.15, -0.1) is 0 Å². The van der Waals surface area contributed by atoms with Crippen LogP contribution in [0.15, 0.2) is 0 Å². The molecule has 0 aromatic carbocycles. The van der Waals surface area contributed by atoms with Crippen molar-refractivity contribution in [3.8, 4) is 0 Å². The van der Waals surface area contributed by atoms with Crippen molar-refractivity contribution in [3.05, 3.63) is 0 Å². The zero-order valence-corrected chi connectivity index (χ0v) is 12.0. The zero-order valence-electron chi connectivity index (χ0n) is 9.86. The van der Waals surface area contributed by atoms with E-state index in [9.17, 15) is 4.79 Å². The van der Waals surface area contributed by atoms with Crippen LogP contribution in [0.25, 0.3) is 0 Å². The summed E-state index contributed by atoms with van der Waals surface area (Å²) in [4.78, 5) is 11.3. The van der Waals surface area contributed by atoms with E-state index in [2.05, 4.69) is 34.8 Å². The molecular formula is C12H24INO. The third-order valence-electron chi connectivity index (χ3n) is 2.39. The minimum Gasteiger partial charge on any atom is -0.356 e. The first kappa shape index (κ1) is 15.2. The van der Waals surface area contributed by atoms with Crippen molar-refractivity contribution in [3.63, 3.8) is 0 Å². The summed E-state index contributed by atoms with van der Waals surface area (Å²) >= 11 is 2.37. The molecule has 0 aliphatic heterocycles. The van der Waals surface area contributed by atoms with Gasteiger partial charge in [-0.2, -0.15) is 0 Å². The monoisotopic (exact) mass is 325 g/mol. The summed E-state index contributed by atoms with van der Waals surface area (Å²) in [6.07, 6.45) is 9.14. The molecule has 0 saturated heterocycles. The van der Waals surface area contributed by atoms with Crippen LogP contribution in [0.3, 0.4) is 0 Å². The second kappa shape index (κ2) is 12.3. The molecule has 0 atom stereocenters. The van der Waals surface area contributed by atoms with E-state index in [-0.39, 0.29) is 5.91 Å². The van der Waals surface area contributed by atoms with Gasteiger partial charge in [0, 0.05) is 13.0 Å². The number of halogens is 1. The van der Waals surface area contributed by atoms with Crippen molar-refractivity contribution in [1.29, 1.82) is 0 Å². The van der Waals surface area contributed by atoms with Gasteiger partial charge in [0.15, 0.2) is 0 Å². The summed E-state index contributed by atoms with van der Waals surface area (Å²) in [5.41, 5.74) is 0. The second-order valence-corrected chi connectivity index (χ2v) is 4.99. The lowest BCUT2D eigenvalue weighted by atomic mass is 10.1. The summed E-state index contributed by atoms with van der Waals surface area (Å²) in [7, 11) is 0. The highest BCUT2D eigenvalue weighted by Gasteiger charge is 1.99. The van der Waals surface area contributed by atoms with Crippen LogP contribution in [-0.4, -0.2) is 16.9 Å². The van der Waals surface area contributed by atoms with Gasteiger partial charge < -0.3 is 5.32 Å². The quantitative estimate of drug-likeness (QED) is 0.371. The van der Waals surface area contributed by atoms with Gasteiger partial charge in [0.25, 0.3) is 0 Å². The lowest BCUT2D eigenvalue weighted by molar-refractivity contribution is -0.121. The van der Waals surface area contributed by atoms with Crippen LogP contribution in [-0.2, 0) is 4.79 Å². The van der Waals surface area contributed by atoms with Crippen molar-refractivity contribution in [2.45, 2.75) is 58.3 Å². The van der Waals surface area contributed by atoms with Crippen LogP contribution in [0.4, 0.5) is 0 Å². The largest absolute Gasteiger partial charge is 0.356 e. The smallest absolute Gasteiger partial charge is 0.219 e. The first-order chi connectivity index (χ1) is 7.31. The average molecular weight is 325 g/mol. The highest BCUT2D eigenvalue weighted by Crippen LogP contribution is 2.04. The minimum absolute atomic E-state index is 0.236. The van der Waals surface area contributed by atoms with E-state index in [0.29, 0.717) is 6.42 Å². The van der Waals surface area contributed by atoms with Gasteiger partial charge in [0.1, 0.15) is 0 Å². The summed E-state index contributed by atoms with van der Waals surface area (Å²) in [5.74, 6) is 0.236. The molecule has 90 valence electrons. The molecule has 0 aliphatic rings. The van der Waals surface area contributed by atoms with E-state index in [1.807, 2.05) is 0 Å². The van der Waals surface area contributed by atoms with Gasteiger partial charge in [-0.3, -0.25) is 4.79 Å². The number of hydrogen-bond acceptors (Lipinski definition) is 1. The number of unbranched alkanes of at least 4 members (excludes halogenated alkanes) is 5. The number of nitrogens with one attached hydrogen (secondary N) is 1. The van der Waals surface area contributed by atoms with Crippen LogP contribution in [0.2, 0.25) is 0 Å².